The summed E-state index contributed by atoms with van der Waals surface area (Å²) in [6, 6.07) is 19.2. The summed E-state index contributed by atoms with van der Waals surface area (Å²) in [6.07, 6.45) is 0. The summed E-state index contributed by atoms with van der Waals surface area (Å²) in [7, 11) is 0. The van der Waals surface area contributed by atoms with Crippen LogP contribution in [0.25, 0.3) is 5.69 Å². The Hall–Kier alpha value is -3.06. The van der Waals surface area contributed by atoms with Gasteiger partial charge in [-0.2, -0.15) is 4.68 Å². The fourth-order valence-electron chi connectivity index (χ4n) is 3.55. The lowest BCUT2D eigenvalue weighted by Crippen LogP contribution is -2.49. The number of amides is 1. The molecule has 1 saturated heterocycles. The normalized spacial score (nSPS) is 14.0. The van der Waals surface area contributed by atoms with E-state index in [1.807, 2.05) is 67.3 Å². The summed E-state index contributed by atoms with van der Waals surface area (Å²) < 4.78 is 1.45. The number of carbonyl (C=O) groups is 1. The summed E-state index contributed by atoms with van der Waals surface area (Å²) >= 11 is 1.57. The molecule has 0 radical (unpaired) electrons. The van der Waals surface area contributed by atoms with Crippen LogP contribution >= 0.6 is 11.8 Å². The molecular formula is C24H26N4O2S. The van der Waals surface area contributed by atoms with Gasteiger partial charge in [0.05, 0.1) is 11.4 Å². The summed E-state index contributed by atoms with van der Waals surface area (Å²) in [5.41, 5.74) is 2.91. The zero-order valence-electron chi connectivity index (χ0n) is 17.8. The fraction of sp³-hybridized carbons (Fsp3) is 0.292. The maximum absolute atomic E-state index is 12.6. The van der Waals surface area contributed by atoms with Gasteiger partial charge in [-0.3, -0.25) is 9.59 Å². The third-order valence-corrected chi connectivity index (χ3v) is 6.58. The molecule has 2 heterocycles. The van der Waals surface area contributed by atoms with Crippen LogP contribution in [0.3, 0.4) is 0 Å². The highest BCUT2D eigenvalue weighted by molar-refractivity contribution is 8.00. The SMILES string of the molecule is Cc1ccc(-n2nc(N3CCN(C(=O)CSc4ccccc4)CC3)ccc2=O)cc1C. The zero-order chi connectivity index (χ0) is 21.8. The number of rotatable bonds is 5. The standard InChI is InChI=1S/C24H26N4O2S/c1-18-8-9-20(16-19(18)2)28-23(29)11-10-22(25-28)26-12-14-27(15-13-26)24(30)17-31-21-6-4-3-5-7-21/h3-11,16H,12-15,17H2,1-2H3. The van der Waals surface area contributed by atoms with E-state index in [0.29, 0.717) is 31.9 Å². The fourth-order valence-corrected chi connectivity index (χ4v) is 4.37. The quantitative estimate of drug-likeness (QED) is 0.577. The van der Waals surface area contributed by atoms with Gasteiger partial charge in [0.25, 0.3) is 5.56 Å². The first-order chi connectivity index (χ1) is 15.0. The van der Waals surface area contributed by atoms with Gasteiger partial charge >= 0.3 is 0 Å². The minimum absolute atomic E-state index is 0.154. The largest absolute Gasteiger partial charge is 0.352 e. The molecule has 1 amide bonds. The number of aromatic nitrogens is 2. The number of benzene rings is 2. The van der Waals surface area contributed by atoms with Crippen LogP contribution in [0.5, 0.6) is 0 Å². The van der Waals surface area contributed by atoms with E-state index in [1.54, 1.807) is 23.9 Å². The molecule has 4 rings (SSSR count). The van der Waals surface area contributed by atoms with Gasteiger partial charge in [0, 0.05) is 37.1 Å². The summed E-state index contributed by atoms with van der Waals surface area (Å²) in [5, 5.41) is 4.61. The van der Waals surface area contributed by atoms with Crippen molar-refractivity contribution >= 4 is 23.5 Å². The summed E-state index contributed by atoms with van der Waals surface area (Å²) in [4.78, 5) is 30.1. The number of nitrogens with zero attached hydrogens (tertiary/aromatic N) is 4. The van der Waals surface area contributed by atoms with Gasteiger partial charge in [-0.05, 0) is 55.3 Å². The molecule has 0 aliphatic carbocycles. The van der Waals surface area contributed by atoms with Crippen molar-refractivity contribution in [1.29, 1.82) is 0 Å². The van der Waals surface area contributed by atoms with E-state index >= 15 is 0 Å². The van der Waals surface area contributed by atoms with E-state index in [1.165, 1.54) is 10.2 Å². The molecule has 1 fully saturated rings. The van der Waals surface area contributed by atoms with E-state index in [4.69, 9.17) is 0 Å². The molecule has 160 valence electrons. The zero-order valence-corrected chi connectivity index (χ0v) is 18.6. The lowest BCUT2D eigenvalue weighted by molar-refractivity contribution is -0.128. The van der Waals surface area contributed by atoms with Gasteiger partial charge in [0.15, 0.2) is 0 Å². The van der Waals surface area contributed by atoms with Crippen LogP contribution in [0.2, 0.25) is 0 Å². The van der Waals surface area contributed by atoms with Crippen LogP contribution in [0.4, 0.5) is 5.82 Å². The van der Waals surface area contributed by atoms with Gasteiger partial charge in [0.1, 0.15) is 5.82 Å². The smallest absolute Gasteiger partial charge is 0.271 e. The number of anilines is 1. The average molecular weight is 435 g/mol. The van der Waals surface area contributed by atoms with Crippen LogP contribution in [-0.4, -0.2) is 52.5 Å². The molecule has 31 heavy (non-hydrogen) atoms. The Morgan fingerprint density at radius 2 is 1.68 bits per heavy atom. The maximum Gasteiger partial charge on any atom is 0.271 e. The highest BCUT2D eigenvalue weighted by atomic mass is 32.2. The highest BCUT2D eigenvalue weighted by Gasteiger charge is 2.22. The predicted molar refractivity (Wildman–Crippen MR) is 125 cm³/mol. The molecule has 0 unspecified atom stereocenters. The van der Waals surface area contributed by atoms with Crippen molar-refractivity contribution in [3.05, 3.63) is 82.1 Å². The number of thioether (sulfide) groups is 1. The van der Waals surface area contributed by atoms with Gasteiger partial charge in [-0.15, -0.1) is 16.9 Å². The van der Waals surface area contributed by atoms with Crippen molar-refractivity contribution in [2.45, 2.75) is 18.7 Å². The van der Waals surface area contributed by atoms with E-state index in [2.05, 4.69) is 10.00 Å². The number of piperazine rings is 1. The number of hydrogen-bond acceptors (Lipinski definition) is 5. The molecule has 1 aliphatic rings. The molecule has 1 aliphatic heterocycles. The Morgan fingerprint density at radius 3 is 2.39 bits per heavy atom. The lowest BCUT2D eigenvalue weighted by atomic mass is 10.1. The average Bonchev–Trinajstić information content (AvgIpc) is 2.80. The van der Waals surface area contributed by atoms with Gasteiger partial charge in [-0.25, -0.2) is 0 Å². The first-order valence-corrected chi connectivity index (χ1v) is 11.4. The summed E-state index contributed by atoms with van der Waals surface area (Å²) in [5.74, 6) is 1.35. The molecule has 0 spiro atoms. The third kappa shape index (κ3) is 4.99. The van der Waals surface area contributed by atoms with Crippen LogP contribution < -0.4 is 10.5 Å². The van der Waals surface area contributed by atoms with E-state index in [0.717, 1.165) is 22.0 Å². The molecule has 3 aromatic rings. The molecule has 0 bridgehead atoms. The van der Waals surface area contributed by atoms with Crippen LogP contribution in [-0.2, 0) is 4.79 Å². The molecule has 6 nitrogen and oxygen atoms in total. The molecule has 1 aromatic heterocycles. The molecule has 0 atom stereocenters. The molecule has 0 N–H and O–H groups in total. The molecular weight excluding hydrogens is 408 g/mol. The Labute approximate surface area is 186 Å². The van der Waals surface area contributed by atoms with E-state index in [9.17, 15) is 9.59 Å². The van der Waals surface area contributed by atoms with Crippen molar-refractivity contribution in [3.63, 3.8) is 0 Å². The van der Waals surface area contributed by atoms with E-state index in [-0.39, 0.29) is 11.5 Å². The number of carbonyl (C=O) groups excluding carboxylic acids is 1. The minimum atomic E-state index is -0.154. The second kappa shape index (κ2) is 9.39. The second-order valence-corrected chi connectivity index (χ2v) is 8.73. The van der Waals surface area contributed by atoms with Crippen molar-refractivity contribution in [2.24, 2.45) is 0 Å². The number of hydrogen-bond donors (Lipinski definition) is 0. The Morgan fingerprint density at radius 1 is 0.935 bits per heavy atom. The first-order valence-electron chi connectivity index (χ1n) is 10.4. The Kier molecular flexibility index (Phi) is 6.42. The van der Waals surface area contributed by atoms with Gasteiger partial charge in [-0.1, -0.05) is 24.3 Å². The van der Waals surface area contributed by atoms with E-state index < -0.39 is 0 Å². The van der Waals surface area contributed by atoms with Crippen LogP contribution in [0.15, 0.2) is 70.4 Å². The first kappa shape index (κ1) is 21.2. The predicted octanol–water partition coefficient (Wildman–Crippen LogP) is 3.29. The topological polar surface area (TPSA) is 58.4 Å². The Bertz CT molecular complexity index is 1120. The number of aryl methyl sites for hydroxylation is 2. The highest BCUT2D eigenvalue weighted by Crippen LogP contribution is 2.19. The minimum Gasteiger partial charge on any atom is -0.352 e. The third-order valence-electron chi connectivity index (χ3n) is 5.58. The monoisotopic (exact) mass is 434 g/mol. The second-order valence-electron chi connectivity index (χ2n) is 7.68. The molecule has 2 aromatic carbocycles. The van der Waals surface area contributed by atoms with Crippen molar-refractivity contribution in [1.82, 2.24) is 14.7 Å². The van der Waals surface area contributed by atoms with Crippen molar-refractivity contribution < 1.29 is 4.79 Å². The van der Waals surface area contributed by atoms with Gasteiger partial charge < -0.3 is 9.80 Å². The molecule has 7 heteroatoms. The van der Waals surface area contributed by atoms with Gasteiger partial charge in [0.2, 0.25) is 5.91 Å². The van der Waals surface area contributed by atoms with Crippen LogP contribution in [0, 0.1) is 13.8 Å². The van der Waals surface area contributed by atoms with Crippen molar-refractivity contribution in [2.75, 3.05) is 36.8 Å². The Balaban J connectivity index is 1.40. The summed E-state index contributed by atoms with van der Waals surface area (Å²) in [6.45, 7) is 6.77. The van der Waals surface area contributed by atoms with Crippen LogP contribution in [0.1, 0.15) is 11.1 Å². The lowest BCUT2D eigenvalue weighted by Gasteiger charge is -2.35. The van der Waals surface area contributed by atoms with Crippen molar-refractivity contribution in [3.8, 4) is 5.69 Å². The molecule has 0 saturated carbocycles. The maximum atomic E-state index is 12.6.